The van der Waals surface area contributed by atoms with Crippen molar-refractivity contribution in [1.82, 2.24) is 10.2 Å². The van der Waals surface area contributed by atoms with E-state index in [-0.39, 0.29) is 5.91 Å². The number of hydrogen-bond acceptors (Lipinski definition) is 4. The zero-order valence-corrected chi connectivity index (χ0v) is 15.1. The van der Waals surface area contributed by atoms with E-state index in [0.717, 1.165) is 64.8 Å². The highest BCUT2D eigenvalue weighted by molar-refractivity contribution is 5.75. The highest BCUT2D eigenvalue weighted by Gasteiger charge is 2.31. The summed E-state index contributed by atoms with van der Waals surface area (Å²) >= 11 is 0. The van der Waals surface area contributed by atoms with Crippen LogP contribution in [0.25, 0.3) is 0 Å². The second kappa shape index (κ2) is 8.68. The third-order valence-electron chi connectivity index (χ3n) is 5.52. The number of para-hydroxylation sites is 1. The molecule has 2 N–H and O–H groups in total. The van der Waals surface area contributed by atoms with Gasteiger partial charge in [-0.3, -0.25) is 9.69 Å². The molecule has 5 heteroatoms. The topological polar surface area (TPSA) is 55.8 Å². The van der Waals surface area contributed by atoms with Crippen molar-refractivity contribution >= 4 is 11.6 Å². The quantitative estimate of drug-likeness (QED) is 0.794. The minimum absolute atomic E-state index is 0.0725. The van der Waals surface area contributed by atoms with Gasteiger partial charge >= 0.3 is 0 Å². The van der Waals surface area contributed by atoms with Crippen LogP contribution in [0.1, 0.15) is 38.5 Å². The first kappa shape index (κ1) is 18.2. The van der Waals surface area contributed by atoms with Gasteiger partial charge in [0.25, 0.3) is 0 Å². The fraction of sp³-hybridized carbons (Fsp3) is 0.650. The van der Waals surface area contributed by atoms with E-state index >= 15 is 0 Å². The predicted molar refractivity (Wildman–Crippen MR) is 101 cm³/mol. The van der Waals surface area contributed by atoms with Gasteiger partial charge in [-0.1, -0.05) is 31.0 Å². The van der Waals surface area contributed by atoms with Gasteiger partial charge in [-0.05, 0) is 37.9 Å². The number of carbonyl (C=O) groups excluding carboxylic acids is 1. The Hall–Kier alpha value is -1.59. The zero-order chi connectivity index (χ0) is 17.5. The molecule has 0 spiro atoms. The van der Waals surface area contributed by atoms with Crippen LogP contribution in [0.15, 0.2) is 30.3 Å². The molecule has 5 nitrogen and oxygen atoms in total. The maximum Gasteiger partial charge on any atom is 0.220 e. The van der Waals surface area contributed by atoms with Crippen LogP contribution in [-0.4, -0.2) is 60.8 Å². The van der Waals surface area contributed by atoms with Crippen LogP contribution < -0.4 is 10.2 Å². The standard InChI is InChI=1S/C20H31N3O2/c24-19(21-17-20(25)10-4-5-11-20)9-6-12-22-13-15-23(16-14-22)18-7-2-1-3-8-18/h1-3,7-8,25H,4-6,9-17H2,(H,21,24). The van der Waals surface area contributed by atoms with Gasteiger partial charge in [0, 0.05) is 44.8 Å². The maximum absolute atomic E-state index is 12.0. The van der Waals surface area contributed by atoms with Crippen LogP contribution in [0.2, 0.25) is 0 Å². The monoisotopic (exact) mass is 345 g/mol. The molecule has 0 bridgehead atoms. The minimum Gasteiger partial charge on any atom is -0.388 e. The molecule has 25 heavy (non-hydrogen) atoms. The van der Waals surface area contributed by atoms with Crippen LogP contribution in [0.5, 0.6) is 0 Å². The van der Waals surface area contributed by atoms with Gasteiger partial charge in [0.05, 0.1) is 5.60 Å². The summed E-state index contributed by atoms with van der Waals surface area (Å²) in [4.78, 5) is 16.8. The van der Waals surface area contributed by atoms with Crippen molar-refractivity contribution in [1.29, 1.82) is 0 Å². The molecule has 1 saturated carbocycles. The van der Waals surface area contributed by atoms with Crippen molar-refractivity contribution in [2.75, 3.05) is 44.2 Å². The third kappa shape index (κ3) is 5.44. The van der Waals surface area contributed by atoms with E-state index in [4.69, 9.17) is 0 Å². The van der Waals surface area contributed by atoms with Gasteiger partial charge in [-0.2, -0.15) is 0 Å². The van der Waals surface area contributed by atoms with Crippen molar-refractivity contribution in [2.45, 2.75) is 44.1 Å². The first-order chi connectivity index (χ1) is 12.1. The lowest BCUT2D eigenvalue weighted by Gasteiger charge is -2.36. The summed E-state index contributed by atoms with van der Waals surface area (Å²) < 4.78 is 0. The fourth-order valence-electron chi connectivity index (χ4n) is 3.89. The average molecular weight is 345 g/mol. The zero-order valence-electron chi connectivity index (χ0n) is 15.1. The summed E-state index contributed by atoms with van der Waals surface area (Å²) in [5, 5.41) is 13.2. The van der Waals surface area contributed by atoms with Gasteiger partial charge in [0.2, 0.25) is 5.91 Å². The number of rotatable bonds is 7. The second-order valence-electron chi connectivity index (χ2n) is 7.48. The lowest BCUT2D eigenvalue weighted by molar-refractivity contribution is -0.122. The Morgan fingerprint density at radius 2 is 1.76 bits per heavy atom. The van der Waals surface area contributed by atoms with E-state index in [1.165, 1.54) is 5.69 Å². The van der Waals surface area contributed by atoms with Gasteiger partial charge < -0.3 is 15.3 Å². The van der Waals surface area contributed by atoms with Gasteiger partial charge in [-0.25, -0.2) is 0 Å². The number of aliphatic hydroxyl groups is 1. The molecule has 0 unspecified atom stereocenters. The van der Waals surface area contributed by atoms with Gasteiger partial charge in [0.1, 0.15) is 0 Å². The van der Waals surface area contributed by atoms with E-state index in [1.807, 2.05) is 0 Å². The van der Waals surface area contributed by atoms with Crippen molar-refractivity contribution in [2.24, 2.45) is 0 Å². The second-order valence-corrected chi connectivity index (χ2v) is 7.48. The number of nitrogens with one attached hydrogen (secondary N) is 1. The highest BCUT2D eigenvalue weighted by atomic mass is 16.3. The molecule has 1 heterocycles. The molecule has 138 valence electrons. The number of amides is 1. The van der Waals surface area contributed by atoms with Crippen molar-refractivity contribution in [3.63, 3.8) is 0 Å². The molecule has 0 aromatic heterocycles. The summed E-state index contributed by atoms with van der Waals surface area (Å²) in [6.45, 7) is 5.58. The molecule has 1 aliphatic heterocycles. The summed E-state index contributed by atoms with van der Waals surface area (Å²) in [7, 11) is 0. The molecule has 0 radical (unpaired) electrons. The van der Waals surface area contributed by atoms with Crippen LogP contribution in [-0.2, 0) is 4.79 Å². The molecule has 1 aliphatic carbocycles. The first-order valence-corrected chi connectivity index (χ1v) is 9.66. The van der Waals surface area contributed by atoms with E-state index in [2.05, 4.69) is 45.4 Å². The summed E-state index contributed by atoms with van der Waals surface area (Å²) in [6.07, 6.45) is 5.21. The van der Waals surface area contributed by atoms with Crippen LogP contribution >= 0.6 is 0 Å². The van der Waals surface area contributed by atoms with E-state index in [1.54, 1.807) is 0 Å². The van der Waals surface area contributed by atoms with Gasteiger partial charge in [0.15, 0.2) is 0 Å². The SMILES string of the molecule is O=C(CCCN1CCN(c2ccccc2)CC1)NCC1(O)CCCC1. The maximum atomic E-state index is 12.0. The molecular formula is C20H31N3O2. The summed E-state index contributed by atoms with van der Waals surface area (Å²) in [6, 6.07) is 10.6. The Bertz CT molecular complexity index is 535. The number of piperazine rings is 1. The van der Waals surface area contributed by atoms with Crippen molar-refractivity contribution in [3.8, 4) is 0 Å². The lowest BCUT2D eigenvalue weighted by Crippen LogP contribution is -2.46. The molecule has 2 aliphatic rings. The molecular weight excluding hydrogens is 314 g/mol. The smallest absolute Gasteiger partial charge is 0.220 e. The first-order valence-electron chi connectivity index (χ1n) is 9.66. The Morgan fingerprint density at radius 1 is 1.08 bits per heavy atom. The van der Waals surface area contributed by atoms with E-state index < -0.39 is 5.60 Å². The minimum atomic E-state index is -0.649. The summed E-state index contributed by atoms with van der Waals surface area (Å²) in [5.41, 5.74) is 0.648. The average Bonchev–Trinajstić information content (AvgIpc) is 3.08. The molecule has 1 aromatic carbocycles. The molecule has 0 atom stereocenters. The molecule has 1 amide bonds. The number of hydrogen-bond donors (Lipinski definition) is 2. The molecule has 1 aromatic rings. The van der Waals surface area contributed by atoms with Crippen LogP contribution in [0, 0.1) is 0 Å². The van der Waals surface area contributed by atoms with Crippen LogP contribution in [0.3, 0.4) is 0 Å². The fourth-order valence-corrected chi connectivity index (χ4v) is 3.89. The van der Waals surface area contributed by atoms with Crippen molar-refractivity contribution in [3.05, 3.63) is 30.3 Å². The highest BCUT2D eigenvalue weighted by Crippen LogP contribution is 2.28. The largest absolute Gasteiger partial charge is 0.388 e. The number of carbonyl (C=O) groups is 1. The summed E-state index contributed by atoms with van der Waals surface area (Å²) in [5.74, 6) is 0.0725. The van der Waals surface area contributed by atoms with Crippen molar-refractivity contribution < 1.29 is 9.90 Å². The van der Waals surface area contributed by atoms with Gasteiger partial charge in [-0.15, -0.1) is 0 Å². The van der Waals surface area contributed by atoms with E-state index in [0.29, 0.717) is 13.0 Å². The number of benzene rings is 1. The Labute approximate surface area is 151 Å². The number of nitrogens with zero attached hydrogens (tertiary/aromatic N) is 2. The Balaban J connectivity index is 1.29. The predicted octanol–water partition coefficient (Wildman–Crippen LogP) is 2.01. The normalized spacial score (nSPS) is 20.6. The molecule has 2 fully saturated rings. The molecule has 3 rings (SSSR count). The Kier molecular flexibility index (Phi) is 6.32. The molecule has 1 saturated heterocycles. The van der Waals surface area contributed by atoms with E-state index in [9.17, 15) is 9.90 Å². The Morgan fingerprint density at radius 3 is 2.44 bits per heavy atom. The third-order valence-corrected chi connectivity index (χ3v) is 5.52. The lowest BCUT2D eigenvalue weighted by atomic mass is 10.0. The van der Waals surface area contributed by atoms with Crippen LogP contribution in [0.4, 0.5) is 5.69 Å². The number of anilines is 1.